The molecule has 0 aliphatic heterocycles. The van der Waals surface area contributed by atoms with E-state index in [9.17, 15) is 24.6 Å². The van der Waals surface area contributed by atoms with Crippen LogP contribution in [0, 0.1) is 5.41 Å². The monoisotopic (exact) mass is 680 g/mol. The van der Waals surface area contributed by atoms with E-state index >= 15 is 0 Å². The predicted octanol–water partition coefficient (Wildman–Crippen LogP) is 3.80. The van der Waals surface area contributed by atoms with Crippen LogP contribution in [-0.4, -0.2) is 64.5 Å². The predicted molar refractivity (Wildman–Crippen MR) is 174 cm³/mol. The van der Waals surface area contributed by atoms with Crippen LogP contribution >= 0.6 is 15.9 Å². The highest BCUT2D eigenvalue weighted by atomic mass is 79.9. The molecule has 1 aliphatic carbocycles. The summed E-state index contributed by atoms with van der Waals surface area (Å²) in [4.78, 5) is 40.0. The number of halogens is 1. The fourth-order valence-corrected chi connectivity index (χ4v) is 5.99. The number of aliphatic hydroxyl groups excluding tert-OH is 1. The maximum Gasteiger partial charge on any atom is 0.407 e. The summed E-state index contributed by atoms with van der Waals surface area (Å²) in [7, 11) is 1.22. The van der Waals surface area contributed by atoms with Gasteiger partial charge in [-0.25, -0.2) is 9.80 Å². The summed E-state index contributed by atoms with van der Waals surface area (Å²) in [6.45, 7) is 5.21. The molecule has 0 unspecified atom stereocenters. The average Bonchev–Trinajstić information content (AvgIpc) is 3.29. The summed E-state index contributed by atoms with van der Waals surface area (Å²) in [5.41, 5.74) is 3.32. The van der Waals surface area contributed by atoms with Gasteiger partial charge in [0.25, 0.3) is 11.8 Å². The van der Waals surface area contributed by atoms with Crippen molar-refractivity contribution >= 4 is 33.8 Å². The number of ether oxygens (including phenoxy) is 1. The van der Waals surface area contributed by atoms with Gasteiger partial charge in [0, 0.05) is 23.9 Å². The number of carbonyl (C=O) groups is 3. The maximum atomic E-state index is 14.1. The number of rotatable bonds is 11. The third-order valence-corrected chi connectivity index (χ3v) is 8.30. The molecule has 0 aromatic heterocycles. The lowest BCUT2D eigenvalue weighted by Crippen LogP contribution is -2.62. The van der Waals surface area contributed by atoms with E-state index in [1.54, 1.807) is 20.8 Å². The van der Waals surface area contributed by atoms with Gasteiger partial charge in [0.2, 0.25) is 0 Å². The van der Waals surface area contributed by atoms with Crippen LogP contribution in [0.4, 0.5) is 4.79 Å². The quantitative estimate of drug-likeness (QED) is 0.194. The van der Waals surface area contributed by atoms with E-state index in [4.69, 9.17) is 4.74 Å². The summed E-state index contributed by atoms with van der Waals surface area (Å²) in [5, 5.41) is 30.1. The summed E-state index contributed by atoms with van der Waals surface area (Å²) < 4.78 is 5.57. The van der Waals surface area contributed by atoms with Crippen LogP contribution in [0.5, 0.6) is 0 Å². The number of hydrogen-bond donors (Lipinski definition) is 5. The van der Waals surface area contributed by atoms with Gasteiger partial charge in [0.05, 0.1) is 25.8 Å². The van der Waals surface area contributed by atoms with E-state index in [1.807, 2.05) is 78.9 Å². The van der Waals surface area contributed by atoms with Crippen LogP contribution in [0.15, 0.2) is 83.3 Å². The summed E-state index contributed by atoms with van der Waals surface area (Å²) in [5.74, 6) is -1.24. The van der Waals surface area contributed by atoms with Gasteiger partial charge >= 0.3 is 6.09 Å². The number of aliphatic hydroxyl groups is 2. The van der Waals surface area contributed by atoms with Crippen molar-refractivity contribution in [2.75, 3.05) is 13.7 Å². The van der Waals surface area contributed by atoms with Gasteiger partial charge in [0.15, 0.2) is 5.60 Å². The molecule has 45 heavy (non-hydrogen) atoms. The highest BCUT2D eigenvalue weighted by molar-refractivity contribution is 9.10. The highest BCUT2D eigenvalue weighted by Gasteiger charge is 2.43. The molecule has 4 rings (SSSR count). The Bertz CT molecular complexity index is 1500. The fraction of sp³-hybridized carbons (Fsp3) is 0.382. The van der Waals surface area contributed by atoms with Crippen molar-refractivity contribution in [3.8, 4) is 0 Å². The second-order valence-electron chi connectivity index (χ2n) is 12.5. The first kappa shape index (κ1) is 34.1. The number of hydrogen-bond acceptors (Lipinski definition) is 7. The Morgan fingerprint density at radius 1 is 1.00 bits per heavy atom. The number of alkyl carbamates (subject to hydrolysis) is 1. The molecule has 0 bridgehead atoms. The number of benzene rings is 3. The molecular weight excluding hydrogens is 640 g/mol. The SMILES string of the molecule is COC(=O)N[C@H](C(=O)NN(Cc1cccc(Br)c1)C[C@](O)(Cc1ccccc1)C(=O)N[C@H]1c2ccccc2C[C@H]1O)C(C)(C)C. The summed E-state index contributed by atoms with van der Waals surface area (Å²) in [6, 6.07) is 22.3. The van der Waals surface area contributed by atoms with Gasteiger partial charge in [-0.2, -0.15) is 0 Å². The van der Waals surface area contributed by atoms with Crippen molar-refractivity contribution in [2.45, 2.75) is 63.9 Å². The molecule has 5 N–H and O–H groups in total. The third-order valence-electron chi connectivity index (χ3n) is 7.81. The first-order chi connectivity index (χ1) is 21.3. The second-order valence-corrected chi connectivity index (χ2v) is 13.4. The van der Waals surface area contributed by atoms with E-state index in [2.05, 4.69) is 32.0 Å². The molecule has 3 amide bonds. The number of hydrazine groups is 1. The topological polar surface area (TPSA) is 140 Å². The van der Waals surface area contributed by atoms with Crippen molar-refractivity contribution in [3.05, 3.63) is 106 Å². The number of fused-ring (bicyclic) bond motifs is 1. The van der Waals surface area contributed by atoms with Gasteiger partial charge in [-0.3, -0.25) is 15.0 Å². The van der Waals surface area contributed by atoms with E-state index < -0.39 is 47.1 Å². The minimum atomic E-state index is -2.05. The van der Waals surface area contributed by atoms with E-state index in [-0.39, 0.29) is 19.5 Å². The first-order valence-electron chi connectivity index (χ1n) is 14.8. The number of nitrogens with zero attached hydrogens (tertiary/aromatic N) is 1. The van der Waals surface area contributed by atoms with Gasteiger partial charge in [-0.15, -0.1) is 0 Å². The highest BCUT2D eigenvalue weighted by Crippen LogP contribution is 2.32. The largest absolute Gasteiger partial charge is 0.453 e. The van der Waals surface area contributed by atoms with Gasteiger partial charge in [0.1, 0.15) is 6.04 Å². The zero-order chi connectivity index (χ0) is 32.8. The molecule has 0 fully saturated rings. The van der Waals surface area contributed by atoms with E-state index in [0.717, 1.165) is 21.2 Å². The van der Waals surface area contributed by atoms with Crippen molar-refractivity contribution in [1.29, 1.82) is 0 Å². The van der Waals surface area contributed by atoms with Crippen LogP contribution in [0.2, 0.25) is 0 Å². The maximum absolute atomic E-state index is 14.1. The Labute approximate surface area is 272 Å². The fourth-order valence-electron chi connectivity index (χ4n) is 5.54. The lowest BCUT2D eigenvalue weighted by atomic mass is 9.86. The van der Waals surface area contributed by atoms with Crippen molar-refractivity contribution in [1.82, 2.24) is 21.1 Å². The minimum absolute atomic E-state index is 0.0713. The summed E-state index contributed by atoms with van der Waals surface area (Å²) in [6.07, 6.45) is -1.32. The average molecular weight is 682 g/mol. The van der Waals surface area contributed by atoms with Crippen LogP contribution in [0.1, 0.15) is 49.1 Å². The van der Waals surface area contributed by atoms with Gasteiger partial charge < -0.3 is 25.6 Å². The minimum Gasteiger partial charge on any atom is -0.453 e. The zero-order valence-electron chi connectivity index (χ0n) is 25.9. The molecule has 3 aromatic rings. The van der Waals surface area contributed by atoms with Crippen molar-refractivity contribution in [3.63, 3.8) is 0 Å². The standard InChI is InChI=1S/C34H41BrN4O6/c1-33(2,3)29(37-32(43)45-4)30(41)38-39(20-23-13-10-15-25(35)17-23)21-34(44,19-22-11-6-5-7-12-22)31(42)36-28-26-16-9-8-14-24(26)18-27(28)40/h5-17,27-29,40,44H,18-21H2,1-4H3,(H,36,42)(H,37,43)(H,38,41)/t27-,28+,29-,34-/m1/s1. The van der Waals surface area contributed by atoms with Gasteiger partial charge in [-0.1, -0.05) is 103 Å². The third kappa shape index (κ3) is 8.91. The Kier molecular flexibility index (Phi) is 11.0. The Morgan fingerprint density at radius 3 is 2.33 bits per heavy atom. The lowest BCUT2D eigenvalue weighted by molar-refractivity contribution is -0.147. The molecule has 0 spiro atoms. The van der Waals surface area contributed by atoms with E-state index in [1.165, 1.54) is 12.1 Å². The van der Waals surface area contributed by atoms with Crippen LogP contribution in [-0.2, 0) is 33.7 Å². The first-order valence-corrected chi connectivity index (χ1v) is 15.6. The molecule has 240 valence electrons. The van der Waals surface area contributed by atoms with Crippen molar-refractivity contribution in [2.24, 2.45) is 5.41 Å². The number of nitrogens with one attached hydrogen (secondary N) is 3. The molecule has 3 aromatic carbocycles. The molecule has 0 heterocycles. The van der Waals surface area contributed by atoms with Crippen LogP contribution in [0.25, 0.3) is 0 Å². The van der Waals surface area contributed by atoms with E-state index in [0.29, 0.717) is 12.0 Å². The smallest absolute Gasteiger partial charge is 0.407 e. The molecule has 0 saturated carbocycles. The van der Waals surface area contributed by atoms with Crippen molar-refractivity contribution < 1.29 is 29.3 Å². The second kappa shape index (κ2) is 14.6. The number of amides is 3. The molecule has 0 radical (unpaired) electrons. The van der Waals surface area contributed by atoms with Crippen LogP contribution < -0.4 is 16.1 Å². The summed E-state index contributed by atoms with van der Waals surface area (Å²) >= 11 is 3.48. The Morgan fingerprint density at radius 2 is 1.67 bits per heavy atom. The molecule has 4 atom stereocenters. The number of carbonyl (C=O) groups excluding carboxylic acids is 3. The Balaban J connectivity index is 1.68. The molecular formula is C34H41BrN4O6. The zero-order valence-corrected chi connectivity index (χ0v) is 27.5. The molecule has 11 heteroatoms. The lowest BCUT2D eigenvalue weighted by Gasteiger charge is -2.37. The van der Waals surface area contributed by atoms with Crippen LogP contribution in [0.3, 0.4) is 0 Å². The molecule has 10 nitrogen and oxygen atoms in total. The van der Waals surface area contributed by atoms with Gasteiger partial charge in [-0.05, 0) is 39.8 Å². The normalized spacial score (nSPS) is 18.0. The molecule has 1 aliphatic rings. The number of methoxy groups -OCH3 is 1. The Hall–Kier alpha value is -3.77. The molecule has 0 saturated heterocycles.